The second-order valence-corrected chi connectivity index (χ2v) is 6.92. The fourth-order valence-corrected chi connectivity index (χ4v) is 3.57. The lowest BCUT2D eigenvalue weighted by Gasteiger charge is -2.28. The van der Waals surface area contributed by atoms with Crippen LogP contribution in [0.25, 0.3) is 0 Å². The number of benzene rings is 2. The second kappa shape index (κ2) is 8.36. The molecular weight excluding hydrogens is 290 g/mol. The zero-order chi connectivity index (χ0) is 17.7. The maximum Gasteiger partial charge on any atom is 0.286 e. The predicted molar refractivity (Wildman–Crippen MR) is 109 cm³/mol. The molecule has 0 saturated heterocycles. The highest BCUT2D eigenvalue weighted by atomic mass is 15.0. The van der Waals surface area contributed by atoms with Gasteiger partial charge in [0.1, 0.15) is 0 Å². The highest BCUT2D eigenvalue weighted by Gasteiger charge is 2.29. The third-order valence-electron chi connectivity index (χ3n) is 4.71. The standard InChI is InChI=1S/C20H28B2N2/c1-17(21(23(3)4)19-13-9-7-10-14-19)18(2)22(24(5)6)20-15-11-8-12-16-20/h7-16H,1-6H3/b18-17-. The van der Waals surface area contributed by atoms with Crippen molar-refractivity contribution >= 4 is 24.6 Å². The van der Waals surface area contributed by atoms with E-state index in [2.05, 4.69) is 112 Å². The number of hydrogen-bond donors (Lipinski definition) is 0. The Hall–Kier alpha value is -1.77. The summed E-state index contributed by atoms with van der Waals surface area (Å²) in [6.07, 6.45) is 0. The summed E-state index contributed by atoms with van der Waals surface area (Å²) < 4.78 is 0. The SMILES string of the molecule is C/C(B(c1ccccc1)N(C)C)=C(\C)B(c1ccccc1)N(C)C. The molecule has 0 radical (unpaired) electrons. The maximum absolute atomic E-state index is 2.30. The van der Waals surface area contributed by atoms with Crippen LogP contribution in [0.5, 0.6) is 0 Å². The first-order chi connectivity index (χ1) is 11.4. The van der Waals surface area contributed by atoms with Gasteiger partial charge in [-0.05, 0) is 28.2 Å². The van der Waals surface area contributed by atoms with Crippen molar-refractivity contribution in [2.75, 3.05) is 28.2 Å². The van der Waals surface area contributed by atoms with E-state index in [1.807, 2.05) is 0 Å². The van der Waals surface area contributed by atoms with E-state index in [1.54, 1.807) is 0 Å². The van der Waals surface area contributed by atoms with Crippen molar-refractivity contribution in [1.82, 2.24) is 9.62 Å². The monoisotopic (exact) mass is 318 g/mol. The Kier molecular flexibility index (Phi) is 6.47. The molecule has 2 nitrogen and oxygen atoms in total. The van der Waals surface area contributed by atoms with Crippen molar-refractivity contribution in [2.24, 2.45) is 0 Å². The summed E-state index contributed by atoms with van der Waals surface area (Å²) in [5, 5.41) is 0. The van der Waals surface area contributed by atoms with E-state index in [9.17, 15) is 0 Å². The highest BCUT2D eigenvalue weighted by Crippen LogP contribution is 2.14. The number of allylic oxidation sites excluding steroid dienone is 2. The first kappa shape index (κ1) is 18.6. The first-order valence-corrected chi connectivity index (χ1v) is 8.53. The quantitative estimate of drug-likeness (QED) is 0.754. The minimum Gasteiger partial charge on any atom is -0.340 e. The molecule has 0 saturated carbocycles. The molecule has 2 aromatic rings. The molecular formula is C20H28B2N2. The summed E-state index contributed by atoms with van der Waals surface area (Å²) in [5.74, 6) is 0. The first-order valence-electron chi connectivity index (χ1n) is 8.53. The number of rotatable bonds is 6. The van der Waals surface area contributed by atoms with Crippen molar-refractivity contribution < 1.29 is 0 Å². The van der Waals surface area contributed by atoms with Gasteiger partial charge in [-0.25, -0.2) is 0 Å². The van der Waals surface area contributed by atoms with Gasteiger partial charge in [-0.2, -0.15) is 0 Å². The molecule has 2 rings (SSSR count). The summed E-state index contributed by atoms with van der Waals surface area (Å²) in [6.45, 7) is 5.12. The average molecular weight is 318 g/mol. The van der Waals surface area contributed by atoms with Gasteiger partial charge in [0.25, 0.3) is 13.7 Å². The fraction of sp³-hybridized carbons (Fsp3) is 0.300. The molecule has 0 amide bonds. The maximum atomic E-state index is 2.30. The van der Waals surface area contributed by atoms with E-state index in [-0.39, 0.29) is 13.7 Å². The van der Waals surface area contributed by atoms with Gasteiger partial charge in [-0.1, -0.05) is 96.4 Å². The molecule has 0 unspecified atom stereocenters. The van der Waals surface area contributed by atoms with E-state index in [0.29, 0.717) is 0 Å². The van der Waals surface area contributed by atoms with Crippen LogP contribution in [0.3, 0.4) is 0 Å². The molecule has 0 N–H and O–H groups in total. The third-order valence-corrected chi connectivity index (χ3v) is 4.71. The van der Waals surface area contributed by atoms with Crippen molar-refractivity contribution in [3.05, 3.63) is 71.6 Å². The van der Waals surface area contributed by atoms with Crippen molar-refractivity contribution in [3.63, 3.8) is 0 Å². The Balaban J connectivity index is 2.49. The Morgan fingerprint density at radius 2 is 0.875 bits per heavy atom. The van der Waals surface area contributed by atoms with Crippen LogP contribution >= 0.6 is 0 Å². The summed E-state index contributed by atoms with van der Waals surface area (Å²) in [4.78, 5) is 4.60. The summed E-state index contributed by atoms with van der Waals surface area (Å²) in [6, 6.07) is 21.5. The highest BCUT2D eigenvalue weighted by molar-refractivity contribution is 6.83. The lowest BCUT2D eigenvalue weighted by Crippen LogP contribution is -2.50. The van der Waals surface area contributed by atoms with Gasteiger partial charge in [0.2, 0.25) is 0 Å². The molecule has 0 aliphatic heterocycles. The Labute approximate surface area is 148 Å². The summed E-state index contributed by atoms with van der Waals surface area (Å²) >= 11 is 0. The normalized spacial score (nSPS) is 12.3. The molecule has 0 heterocycles. The van der Waals surface area contributed by atoms with Gasteiger partial charge >= 0.3 is 0 Å². The lowest BCUT2D eigenvalue weighted by atomic mass is 9.40. The molecule has 124 valence electrons. The average Bonchev–Trinajstić information content (AvgIpc) is 2.56. The van der Waals surface area contributed by atoms with Gasteiger partial charge in [0, 0.05) is 0 Å². The molecule has 24 heavy (non-hydrogen) atoms. The zero-order valence-electron chi connectivity index (χ0n) is 15.8. The van der Waals surface area contributed by atoms with E-state index < -0.39 is 0 Å². The van der Waals surface area contributed by atoms with E-state index in [0.717, 1.165) is 0 Å². The minimum atomic E-state index is 0.289. The molecule has 0 atom stereocenters. The largest absolute Gasteiger partial charge is 0.340 e. The van der Waals surface area contributed by atoms with Crippen LogP contribution in [0.4, 0.5) is 0 Å². The second-order valence-electron chi connectivity index (χ2n) is 6.92. The van der Waals surface area contributed by atoms with Crippen LogP contribution in [0.2, 0.25) is 0 Å². The molecule has 0 aliphatic carbocycles. The summed E-state index contributed by atoms with van der Waals surface area (Å²) in [7, 11) is 8.62. The topological polar surface area (TPSA) is 6.48 Å². The van der Waals surface area contributed by atoms with Gasteiger partial charge in [0.15, 0.2) is 0 Å². The molecule has 0 aliphatic rings. The molecule has 2 aromatic carbocycles. The number of hydrogen-bond acceptors (Lipinski definition) is 2. The van der Waals surface area contributed by atoms with E-state index >= 15 is 0 Å². The van der Waals surface area contributed by atoms with Gasteiger partial charge in [-0.3, -0.25) is 0 Å². The van der Waals surface area contributed by atoms with Crippen LogP contribution in [0.15, 0.2) is 71.6 Å². The van der Waals surface area contributed by atoms with Crippen LogP contribution in [0.1, 0.15) is 13.8 Å². The Morgan fingerprint density at radius 1 is 0.583 bits per heavy atom. The molecule has 0 bridgehead atoms. The molecule has 0 spiro atoms. The summed E-state index contributed by atoms with van der Waals surface area (Å²) in [5.41, 5.74) is 5.50. The van der Waals surface area contributed by atoms with E-state index in [4.69, 9.17) is 0 Å². The van der Waals surface area contributed by atoms with Crippen molar-refractivity contribution in [2.45, 2.75) is 13.8 Å². The fourth-order valence-electron chi connectivity index (χ4n) is 3.57. The minimum absolute atomic E-state index is 0.289. The zero-order valence-corrected chi connectivity index (χ0v) is 15.8. The Morgan fingerprint density at radius 3 is 1.12 bits per heavy atom. The van der Waals surface area contributed by atoms with Crippen LogP contribution in [-0.2, 0) is 0 Å². The number of nitrogens with zero attached hydrogens (tertiary/aromatic N) is 2. The van der Waals surface area contributed by atoms with Gasteiger partial charge in [0.05, 0.1) is 0 Å². The van der Waals surface area contributed by atoms with Gasteiger partial charge < -0.3 is 9.62 Å². The molecule has 0 aromatic heterocycles. The lowest BCUT2D eigenvalue weighted by molar-refractivity contribution is 0.648. The van der Waals surface area contributed by atoms with Crippen LogP contribution in [-0.4, -0.2) is 51.5 Å². The van der Waals surface area contributed by atoms with Gasteiger partial charge in [-0.15, -0.1) is 0 Å². The van der Waals surface area contributed by atoms with Crippen LogP contribution < -0.4 is 10.9 Å². The predicted octanol–water partition coefficient (Wildman–Crippen LogP) is 2.32. The van der Waals surface area contributed by atoms with Crippen molar-refractivity contribution in [1.29, 1.82) is 0 Å². The van der Waals surface area contributed by atoms with E-state index in [1.165, 1.54) is 21.9 Å². The molecule has 0 fully saturated rings. The smallest absolute Gasteiger partial charge is 0.286 e. The third kappa shape index (κ3) is 4.19. The van der Waals surface area contributed by atoms with Crippen LogP contribution in [0, 0.1) is 0 Å². The Bertz CT molecular complexity index is 607. The molecule has 4 heteroatoms. The van der Waals surface area contributed by atoms with Crippen molar-refractivity contribution in [3.8, 4) is 0 Å².